The van der Waals surface area contributed by atoms with Gasteiger partial charge in [-0.2, -0.15) is 5.26 Å². The highest BCUT2D eigenvalue weighted by Crippen LogP contribution is 2.31. The van der Waals surface area contributed by atoms with Gasteiger partial charge in [0.05, 0.1) is 16.3 Å². The zero-order chi connectivity index (χ0) is 15.6. The van der Waals surface area contributed by atoms with Crippen LogP contribution in [0.1, 0.15) is 5.56 Å². The van der Waals surface area contributed by atoms with Gasteiger partial charge in [0.25, 0.3) is 10.0 Å². The zero-order valence-electron chi connectivity index (χ0n) is 10.3. The third-order valence-electron chi connectivity index (χ3n) is 2.58. The van der Waals surface area contributed by atoms with Crippen LogP contribution in [0.5, 0.6) is 5.75 Å². The summed E-state index contributed by atoms with van der Waals surface area (Å²) in [6.45, 7) is 0. The average molecular weight is 327 g/mol. The summed E-state index contributed by atoms with van der Waals surface area (Å²) in [7, 11) is -4.12. The summed E-state index contributed by atoms with van der Waals surface area (Å²) in [5.41, 5.74) is -0.341. The molecular weight excluding hydrogens is 319 g/mol. The van der Waals surface area contributed by atoms with Gasteiger partial charge in [0.2, 0.25) is 0 Å². The van der Waals surface area contributed by atoms with Gasteiger partial charge in [-0.05, 0) is 18.2 Å². The second-order valence-electron chi connectivity index (χ2n) is 4.00. The molecule has 0 aliphatic rings. The molecule has 0 radical (unpaired) electrons. The lowest BCUT2D eigenvalue weighted by Gasteiger charge is -2.11. The van der Waals surface area contributed by atoms with Crippen LogP contribution < -0.4 is 4.72 Å². The number of nitriles is 1. The molecule has 0 aliphatic heterocycles. The summed E-state index contributed by atoms with van der Waals surface area (Å²) in [6, 6.07) is 8.94. The van der Waals surface area contributed by atoms with E-state index < -0.39 is 21.6 Å². The molecule has 108 valence electrons. The van der Waals surface area contributed by atoms with Crippen molar-refractivity contribution in [3.63, 3.8) is 0 Å². The van der Waals surface area contributed by atoms with Gasteiger partial charge < -0.3 is 5.11 Å². The number of phenolic OH excluding ortho intramolecular Hbond substituents is 1. The van der Waals surface area contributed by atoms with Gasteiger partial charge in [-0.3, -0.25) is 4.72 Å². The summed E-state index contributed by atoms with van der Waals surface area (Å²) < 4.78 is 39.6. The molecule has 0 aromatic heterocycles. The molecule has 0 heterocycles. The Morgan fingerprint density at radius 3 is 2.62 bits per heavy atom. The second kappa shape index (κ2) is 5.60. The summed E-state index contributed by atoms with van der Waals surface area (Å²) >= 11 is 5.55. The van der Waals surface area contributed by atoms with Crippen molar-refractivity contribution in [2.75, 3.05) is 4.72 Å². The van der Waals surface area contributed by atoms with Crippen LogP contribution in [0, 0.1) is 17.1 Å². The number of halogens is 2. The third-order valence-corrected chi connectivity index (χ3v) is 4.29. The van der Waals surface area contributed by atoms with Crippen LogP contribution in [-0.4, -0.2) is 13.5 Å². The maximum Gasteiger partial charge on any atom is 0.263 e. The fourth-order valence-electron chi connectivity index (χ4n) is 1.61. The van der Waals surface area contributed by atoms with Crippen LogP contribution in [0.2, 0.25) is 5.02 Å². The first-order valence-electron chi connectivity index (χ1n) is 5.55. The maximum atomic E-state index is 13.1. The third kappa shape index (κ3) is 3.07. The molecule has 2 N–H and O–H groups in total. The van der Waals surface area contributed by atoms with E-state index >= 15 is 0 Å². The van der Waals surface area contributed by atoms with Crippen LogP contribution in [0.15, 0.2) is 41.3 Å². The Morgan fingerprint density at radius 2 is 1.95 bits per heavy atom. The van der Waals surface area contributed by atoms with Gasteiger partial charge in [0.1, 0.15) is 22.5 Å². The molecule has 5 nitrogen and oxygen atoms in total. The van der Waals surface area contributed by atoms with E-state index in [1.165, 1.54) is 24.3 Å². The Labute approximate surface area is 125 Å². The highest BCUT2D eigenvalue weighted by atomic mass is 35.5. The second-order valence-corrected chi connectivity index (χ2v) is 6.05. The number of benzene rings is 2. The van der Waals surface area contributed by atoms with E-state index in [-0.39, 0.29) is 21.2 Å². The smallest absolute Gasteiger partial charge is 0.263 e. The van der Waals surface area contributed by atoms with Crippen molar-refractivity contribution in [2.24, 2.45) is 0 Å². The van der Waals surface area contributed by atoms with E-state index in [4.69, 9.17) is 16.9 Å². The monoisotopic (exact) mass is 326 g/mol. The quantitative estimate of drug-likeness (QED) is 0.849. The molecule has 0 fully saturated rings. The van der Waals surface area contributed by atoms with Gasteiger partial charge >= 0.3 is 0 Å². The number of hydrogen-bond donors (Lipinski definition) is 2. The average Bonchev–Trinajstić information content (AvgIpc) is 2.44. The highest BCUT2D eigenvalue weighted by Gasteiger charge is 2.20. The van der Waals surface area contributed by atoms with Crippen LogP contribution in [0.3, 0.4) is 0 Å². The van der Waals surface area contributed by atoms with Crippen LogP contribution in [-0.2, 0) is 10.0 Å². The topological polar surface area (TPSA) is 90.2 Å². The van der Waals surface area contributed by atoms with E-state index in [1.807, 2.05) is 0 Å². The van der Waals surface area contributed by atoms with Gasteiger partial charge in [-0.15, -0.1) is 0 Å². The Morgan fingerprint density at radius 1 is 1.29 bits per heavy atom. The molecule has 21 heavy (non-hydrogen) atoms. The Kier molecular flexibility index (Phi) is 4.02. The first kappa shape index (κ1) is 15.1. The number of rotatable bonds is 3. The largest absolute Gasteiger partial charge is 0.506 e. The van der Waals surface area contributed by atoms with Crippen molar-refractivity contribution < 1.29 is 17.9 Å². The fourth-order valence-corrected chi connectivity index (χ4v) is 3.00. The van der Waals surface area contributed by atoms with Crippen molar-refractivity contribution >= 4 is 27.3 Å². The number of nitrogens with zero attached hydrogens (tertiary/aromatic N) is 1. The van der Waals surface area contributed by atoms with Crippen LogP contribution in [0.4, 0.5) is 10.1 Å². The lowest BCUT2D eigenvalue weighted by molar-refractivity contribution is 0.471. The predicted molar refractivity (Wildman–Crippen MR) is 75.0 cm³/mol. The number of nitrogens with one attached hydrogen (secondary N) is 1. The molecular formula is C13H8ClFN2O3S. The first-order chi connectivity index (χ1) is 9.85. The molecule has 8 heteroatoms. The molecule has 2 rings (SSSR count). The normalized spacial score (nSPS) is 10.9. The minimum Gasteiger partial charge on any atom is -0.506 e. The van der Waals surface area contributed by atoms with Gasteiger partial charge in [0.15, 0.2) is 0 Å². The molecule has 2 aromatic rings. The molecule has 0 saturated heterocycles. The maximum absolute atomic E-state index is 13.1. The summed E-state index contributed by atoms with van der Waals surface area (Å²) in [5, 5.41) is 18.1. The zero-order valence-corrected chi connectivity index (χ0v) is 11.9. The minimum atomic E-state index is -4.12. The standard InChI is InChI=1S/C13H8ClFN2O3S/c14-9-5-11(12(18)6-10(9)15)17-21(19,20)13-4-2-1-3-8(13)7-16/h1-6,17-18H. The molecule has 0 saturated carbocycles. The van der Waals surface area contributed by atoms with Crippen LogP contribution in [0.25, 0.3) is 0 Å². The van der Waals surface area contributed by atoms with Crippen LogP contribution >= 0.6 is 11.6 Å². The molecule has 0 amide bonds. The number of aromatic hydroxyl groups is 1. The van der Waals surface area contributed by atoms with Crippen molar-refractivity contribution in [1.29, 1.82) is 5.26 Å². The molecule has 0 spiro atoms. The van der Waals surface area contributed by atoms with E-state index in [9.17, 15) is 17.9 Å². The van der Waals surface area contributed by atoms with Crippen molar-refractivity contribution in [3.05, 3.63) is 52.8 Å². The summed E-state index contributed by atoms with van der Waals surface area (Å²) in [5.74, 6) is -1.50. The number of sulfonamides is 1. The van der Waals surface area contributed by atoms with E-state index in [0.717, 1.165) is 6.07 Å². The molecule has 2 aromatic carbocycles. The van der Waals surface area contributed by atoms with Crippen molar-refractivity contribution in [3.8, 4) is 11.8 Å². The lowest BCUT2D eigenvalue weighted by Crippen LogP contribution is -2.14. The van der Waals surface area contributed by atoms with Crippen molar-refractivity contribution in [2.45, 2.75) is 4.90 Å². The number of hydrogen-bond acceptors (Lipinski definition) is 4. The number of phenols is 1. The number of anilines is 1. The van der Waals surface area contributed by atoms with E-state index in [0.29, 0.717) is 6.07 Å². The molecule has 0 bridgehead atoms. The Balaban J connectivity index is 2.48. The van der Waals surface area contributed by atoms with E-state index in [2.05, 4.69) is 4.72 Å². The fraction of sp³-hybridized carbons (Fsp3) is 0. The molecule has 0 atom stereocenters. The molecule has 0 unspecified atom stereocenters. The summed E-state index contributed by atoms with van der Waals surface area (Å²) in [6.07, 6.45) is 0. The van der Waals surface area contributed by atoms with Gasteiger partial charge in [0, 0.05) is 6.07 Å². The van der Waals surface area contributed by atoms with E-state index in [1.54, 1.807) is 6.07 Å². The highest BCUT2D eigenvalue weighted by molar-refractivity contribution is 7.92. The van der Waals surface area contributed by atoms with Crippen molar-refractivity contribution in [1.82, 2.24) is 0 Å². The van der Waals surface area contributed by atoms with Gasteiger partial charge in [-0.1, -0.05) is 23.7 Å². The Hall–Kier alpha value is -2.30. The first-order valence-corrected chi connectivity index (χ1v) is 7.41. The van der Waals surface area contributed by atoms with Gasteiger partial charge in [-0.25, -0.2) is 12.8 Å². The minimum absolute atomic E-state index is 0.0577. The Bertz CT molecular complexity index is 847. The summed E-state index contributed by atoms with van der Waals surface area (Å²) in [4.78, 5) is -0.257. The predicted octanol–water partition coefficient (Wildman–Crippen LogP) is 2.86. The molecule has 0 aliphatic carbocycles. The SMILES string of the molecule is N#Cc1ccccc1S(=O)(=O)Nc1cc(Cl)c(F)cc1O. The lowest BCUT2D eigenvalue weighted by atomic mass is 10.2.